The molecule has 2 heterocycles. The van der Waals surface area contributed by atoms with Crippen molar-refractivity contribution in [2.24, 2.45) is 7.05 Å². The highest BCUT2D eigenvalue weighted by molar-refractivity contribution is 5.88. The number of aryl methyl sites for hydroxylation is 1. The van der Waals surface area contributed by atoms with E-state index in [0.717, 1.165) is 35.6 Å². The molecule has 0 spiro atoms. The van der Waals surface area contributed by atoms with Crippen LogP contribution in [0.1, 0.15) is 22.6 Å². The van der Waals surface area contributed by atoms with Gasteiger partial charge in [0.25, 0.3) is 0 Å². The van der Waals surface area contributed by atoms with Crippen LogP contribution >= 0.6 is 0 Å². The van der Waals surface area contributed by atoms with E-state index in [1.807, 2.05) is 29.8 Å². The fourth-order valence-electron chi connectivity index (χ4n) is 3.09. The van der Waals surface area contributed by atoms with Crippen molar-refractivity contribution in [2.75, 3.05) is 13.2 Å². The molecule has 2 aromatic carbocycles. The molecule has 1 saturated heterocycles. The summed E-state index contributed by atoms with van der Waals surface area (Å²) in [7, 11) is 1.92. The summed E-state index contributed by atoms with van der Waals surface area (Å²) in [6.45, 7) is 1.60. The lowest BCUT2D eigenvalue weighted by atomic mass is 10.2. The van der Waals surface area contributed by atoms with Gasteiger partial charge < -0.3 is 23.9 Å². The lowest BCUT2D eigenvalue weighted by molar-refractivity contribution is 0.0696. The number of carboxylic acid groups (broad SMARTS) is 1. The summed E-state index contributed by atoms with van der Waals surface area (Å²) >= 11 is 0. The van der Waals surface area contributed by atoms with Gasteiger partial charge in [-0.1, -0.05) is 6.07 Å². The number of hydrogen-bond acceptors (Lipinski definition) is 5. The number of fused-ring (bicyclic) bond motifs is 1. The fraction of sp³-hybridized carbons (Fsp3) is 0.300. The molecule has 0 saturated carbocycles. The molecule has 1 aliphatic heterocycles. The first-order valence-corrected chi connectivity index (χ1v) is 8.76. The summed E-state index contributed by atoms with van der Waals surface area (Å²) in [5.74, 6) is 1.05. The van der Waals surface area contributed by atoms with Gasteiger partial charge in [-0.15, -0.1) is 0 Å². The molecule has 7 heteroatoms. The predicted octanol–water partition coefficient (Wildman–Crippen LogP) is 3.02. The first kappa shape index (κ1) is 17.4. The average Bonchev–Trinajstić information content (AvgIpc) is 3.29. The molecule has 4 rings (SSSR count). The van der Waals surface area contributed by atoms with E-state index in [1.54, 1.807) is 12.1 Å². The second kappa shape index (κ2) is 7.28. The standard InChI is InChI=1S/C20H20N2O5/c1-22-18-10-15(27-16-7-8-25-11-16)5-6-17(18)21-19(22)12-26-14-4-2-3-13(9-14)20(23)24/h2-6,9-10,16H,7-8,11-12H2,1H3,(H,23,24). The highest BCUT2D eigenvalue weighted by Gasteiger charge is 2.18. The molecule has 1 fully saturated rings. The molecule has 1 atom stereocenters. The van der Waals surface area contributed by atoms with Crippen molar-refractivity contribution in [1.29, 1.82) is 0 Å². The van der Waals surface area contributed by atoms with Crippen LogP contribution < -0.4 is 9.47 Å². The van der Waals surface area contributed by atoms with E-state index in [9.17, 15) is 4.79 Å². The van der Waals surface area contributed by atoms with Gasteiger partial charge in [0.15, 0.2) is 0 Å². The first-order valence-electron chi connectivity index (χ1n) is 8.76. The van der Waals surface area contributed by atoms with Crippen LogP contribution in [0.25, 0.3) is 11.0 Å². The molecule has 3 aromatic rings. The molecule has 0 aliphatic carbocycles. The number of benzene rings is 2. The third-order valence-corrected chi connectivity index (χ3v) is 4.58. The molecule has 1 aromatic heterocycles. The van der Waals surface area contributed by atoms with E-state index in [0.29, 0.717) is 12.4 Å². The van der Waals surface area contributed by atoms with Gasteiger partial charge in [0.05, 0.1) is 29.8 Å². The molecule has 0 radical (unpaired) electrons. The minimum Gasteiger partial charge on any atom is -0.488 e. The van der Waals surface area contributed by atoms with Gasteiger partial charge in [-0.2, -0.15) is 0 Å². The van der Waals surface area contributed by atoms with Crippen LogP contribution in [0, 0.1) is 0 Å². The number of aromatic carboxylic acids is 1. The highest BCUT2D eigenvalue weighted by atomic mass is 16.5. The lowest BCUT2D eigenvalue weighted by Crippen LogP contribution is -2.15. The number of aromatic nitrogens is 2. The fourth-order valence-corrected chi connectivity index (χ4v) is 3.09. The van der Waals surface area contributed by atoms with Crippen molar-refractivity contribution in [3.05, 3.63) is 53.9 Å². The van der Waals surface area contributed by atoms with E-state index < -0.39 is 5.97 Å². The lowest BCUT2D eigenvalue weighted by Gasteiger charge is -2.11. The number of hydrogen-bond donors (Lipinski definition) is 1. The molecule has 140 valence electrons. The van der Waals surface area contributed by atoms with Crippen LogP contribution in [0.3, 0.4) is 0 Å². The number of carbonyl (C=O) groups is 1. The quantitative estimate of drug-likeness (QED) is 0.720. The Morgan fingerprint density at radius 2 is 2.19 bits per heavy atom. The summed E-state index contributed by atoms with van der Waals surface area (Å²) in [6.07, 6.45) is 0.998. The van der Waals surface area contributed by atoms with Gasteiger partial charge in [-0.3, -0.25) is 0 Å². The third-order valence-electron chi connectivity index (χ3n) is 4.58. The van der Waals surface area contributed by atoms with E-state index in [-0.39, 0.29) is 18.3 Å². The van der Waals surface area contributed by atoms with Gasteiger partial charge in [0.1, 0.15) is 30.0 Å². The Bertz CT molecular complexity index is 976. The van der Waals surface area contributed by atoms with Crippen LogP contribution in [-0.4, -0.2) is 39.9 Å². The molecule has 1 aliphatic rings. The molecular weight excluding hydrogens is 348 g/mol. The Balaban J connectivity index is 1.51. The first-order chi connectivity index (χ1) is 13.1. The van der Waals surface area contributed by atoms with Gasteiger partial charge >= 0.3 is 5.97 Å². The summed E-state index contributed by atoms with van der Waals surface area (Å²) in [4.78, 5) is 15.7. The summed E-state index contributed by atoms with van der Waals surface area (Å²) in [5, 5.41) is 9.07. The largest absolute Gasteiger partial charge is 0.488 e. The van der Waals surface area contributed by atoms with E-state index >= 15 is 0 Å². The van der Waals surface area contributed by atoms with Gasteiger partial charge in [0.2, 0.25) is 0 Å². The maximum Gasteiger partial charge on any atom is 0.335 e. The van der Waals surface area contributed by atoms with Crippen LogP contribution in [-0.2, 0) is 18.4 Å². The van der Waals surface area contributed by atoms with Crippen molar-refractivity contribution in [3.63, 3.8) is 0 Å². The van der Waals surface area contributed by atoms with Crippen molar-refractivity contribution < 1.29 is 24.1 Å². The minimum atomic E-state index is -0.983. The Labute approximate surface area is 156 Å². The Morgan fingerprint density at radius 3 is 2.96 bits per heavy atom. The van der Waals surface area contributed by atoms with Crippen molar-refractivity contribution >= 4 is 17.0 Å². The molecule has 7 nitrogen and oxygen atoms in total. The Kier molecular flexibility index (Phi) is 4.68. The Morgan fingerprint density at radius 1 is 1.30 bits per heavy atom. The van der Waals surface area contributed by atoms with E-state index in [2.05, 4.69) is 4.98 Å². The predicted molar refractivity (Wildman–Crippen MR) is 98.3 cm³/mol. The van der Waals surface area contributed by atoms with Gasteiger partial charge in [-0.05, 0) is 30.3 Å². The number of rotatable bonds is 6. The summed E-state index contributed by atoms with van der Waals surface area (Å²) in [5.41, 5.74) is 1.99. The minimum absolute atomic E-state index is 0.0972. The normalized spacial score (nSPS) is 16.6. The number of ether oxygens (including phenoxy) is 3. The summed E-state index contributed by atoms with van der Waals surface area (Å²) in [6, 6.07) is 12.2. The second-order valence-corrected chi connectivity index (χ2v) is 6.46. The van der Waals surface area contributed by atoms with Crippen molar-refractivity contribution in [3.8, 4) is 11.5 Å². The zero-order valence-corrected chi connectivity index (χ0v) is 14.9. The zero-order valence-electron chi connectivity index (χ0n) is 14.9. The number of imidazole rings is 1. The maximum atomic E-state index is 11.1. The van der Waals surface area contributed by atoms with Gasteiger partial charge in [0, 0.05) is 19.5 Å². The van der Waals surface area contributed by atoms with E-state index in [4.69, 9.17) is 19.3 Å². The monoisotopic (exact) mass is 368 g/mol. The molecule has 1 unspecified atom stereocenters. The molecule has 0 amide bonds. The molecule has 27 heavy (non-hydrogen) atoms. The third kappa shape index (κ3) is 3.73. The SMILES string of the molecule is Cn1c(COc2cccc(C(=O)O)c2)nc2ccc(OC3CCOC3)cc21. The van der Waals surface area contributed by atoms with Gasteiger partial charge in [-0.25, -0.2) is 9.78 Å². The molecule has 1 N–H and O–H groups in total. The molecule has 0 bridgehead atoms. The Hall–Kier alpha value is -3.06. The number of carboxylic acids is 1. The van der Waals surface area contributed by atoms with Crippen LogP contribution in [0.2, 0.25) is 0 Å². The number of nitrogens with zero attached hydrogens (tertiary/aromatic N) is 2. The smallest absolute Gasteiger partial charge is 0.335 e. The molecular formula is C20H20N2O5. The van der Waals surface area contributed by atoms with Crippen molar-refractivity contribution in [2.45, 2.75) is 19.1 Å². The van der Waals surface area contributed by atoms with Crippen LogP contribution in [0.15, 0.2) is 42.5 Å². The maximum absolute atomic E-state index is 11.1. The topological polar surface area (TPSA) is 82.8 Å². The van der Waals surface area contributed by atoms with Crippen LogP contribution in [0.4, 0.5) is 0 Å². The second-order valence-electron chi connectivity index (χ2n) is 6.46. The van der Waals surface area contributed by atoms with Crippen LogP contribution in [0.5, 0.6) is 11.5 Å². The highest BCUT2D eigenvalue weighted by Crippen LogP contribution is 2.24. The van der Waals surface area contributed by atoms with Crippen molar-refractivity contribution in [1.82, 2.24) is 9.55 Å². The average molecular weight is 368 g/mol. The van der Waals surface area contributed by atoms with E-state index in [1.165, 1.54) is 12.1 Å². The summed E-state index contributed by atoms with van der Waals surface area (Å²) < 4.78 is 19.0. The zero-order chi connectivity index (χ0) is 18.8.